The van der Waals surface area contributed by atoms with Crippen LogP contribution < -0.4 is 14.8 Å². The number of nitrogens with zero attached hydrogens (tertiary/aromatic N) is 2. The molecule has 0 aliphatic carbocycles. The zero-order valence-electron chi connectivity index (χ0n) is 13.3. The first-order valence-corrected chi connectivity index (χ1v) is 7.93. The lowest BCUT2D eigenvalue weighted by atomic mass is 10.1. The van der Waals surface area contributed by atoms with E-state index in [1.54, 1.807) is 18.2 Å². The Labute approximate surface area is 146 Å². The quantitative estimate of drug-likeness (QED) is 0.552. The summed E-state index contributed by atoms with van der Waals surface area (Å²) in [6.07, 6.45) is 0. The van der Waals surface area contributed by atoms with Crippen LogP contribution in [-0.4, -0.2) is 30.0 Å². The minimum Gasteiger partial charge on any atom is -0.495 e. The predicted octanol–water partition coefficient (Wildman–Crippen LogP) is 3.47. The van der Waals surface area contributed by atoms with Crippen molar-refractivity contribution in [3.63, 3.8) is 0 Å². The second-order valence-electron chi connectivity index (χ2n) is 4.90. The summed E-state index contributed by atoms with van der Waals surface area (Å²) in [6, 6.07) is 9.19. The summed E-state index contributed by atoms with van der Waals surface area (Å²) in [4.78, 5) is 27.2. The largest absolute Gasteiger partial charge is 0.495 e. The number of nitro groups is 1. The van der Waals surface area contributed by atoms with Gasteiger partial charge in [0.15, 0.2) is 5.13 Å². The van der Waals surface area contributed by atoms with E-state index >= 15 is 0 Å². The van der Waals surface area contributed by atoms with E-state index in [-0.39, 0.29) is 11.3 Å². The molecule has 8 nitrogen and oxygen atoms in total. The highest BCUT2D eigenvalue weighted by Gasteiger charge is 2.21. The van der Waals surface area contributed by atoms with Gasteiger partial charge < -0.3 is 9.47 Å². The van der Waals surface area contributed by atoms with E-state index in [1.807, 2.05) is 0 Å². The SMILES string of the molecule is COc1ccc(OC)c2sc(NC(=O)c3ccccc3[N+](=O)[O-])nc12. The molecule has 3 rings (SSSR count). The molecule has 0 bridgehead atoms. The third-order valence-electron chi connectivity index (χ3n) is 3.48. The van der Waals surface area contributed by atoms with Crippen molar-refractivity contribution in [1.82, 2.24) is 4.98 Å². The number of nitro benzene ring substituents is 1. The molecule has 0 saturated heterocycles. The molecular formula is C16H13N3O5S. The third kappa shape index (κ3) is 3.09. The van der Waals surface area contributed by atoms with Crippen molar-refractivity contribution < 1.29 is 19.2 Å². The zero-order chi connectivity index (χ0) is 18.0. The maximum Gasteiger partial charge on any atom is 0.282 e. The molecule has 0 radical (unpaired) electrons. The summed E-state index contributed by atoms with van der Waals surface area (Å²) in [6.45, 7) is 0. The Morgan fingerprint density at radius 1 is 1.16 bits per heavy atom. The van der Waals surface area contributed by atoms with Crippen molar-refractivity contribution >= 4 is 38.3 Å². The van der Waals surface area contributed by atoms with Crippen LogP contribution in [0.4, 0.5) is 10.8 Å². The number of carbonyl (C=O) groups excluding carboxylic acids is 1. The third-order valence-corrected chi connectivity index (χ3v) is 4.46. The van der Waals surface area contributed by atoms with E-state index in [2.05, 4.69) is 10.3 Å². The number of benzene rings is 2. The molecular weight excluding hydrogens is 346 g/mol. The Balaban J connectivity index is 1.99. The van der Waals surface area contributed by atoms with Gasteiger partial charge in [0.2, 0.25) is 0 Å². The minimum atomic E-state index is -0.607. The van der Waals surface area contributed by atoms with E-state index in [0.29, 0.717) is 26.8 Å². The van der Waals surface area contributed by atoms with Crippen LogP contribution in [0.5, 0.6) is 11.5 Å². The summed E-state index contributed by atoms with van der Waals surface area (Å²) < 4.78 is 11.3. The van der Waals surface area contributed by atoms with Gasteiger partial charge in [0.25, 0.3) is 11.6 Å². The smallest absolute Gasteiger partial charge is 0.282 e. The molecule has 0 aliphatic rings. The molecule has 0 fully saturated rings. The molecule has 0 saturated carbocycles. The Morgan fingerprint density at radius 3 is 2.52 bits per heavy atom. The second-order valence-corrected chi connectivity index (χ2v) is 5.89. The average molecular weight is 359 g/mol. The van der Waals surface area contributed by atoms with Crippen molar-refractivity contribution in [2.24, 2.45) is 0 Å². The fourth-order valence-corrected chi connectivity index (χ4v) is 3.30. The molecule has 0 atom stereocenters. The first-order chi connectivity index (χ1) is 12.0. The lowest BCUT2D eigenvalue weighted by molar-refractivity contribution is -0.385. The number of thiazole rings is 1. The molecule has 25 heavy (non-hydrogen) atoms. The van der Waals surface area contributed by atoms with Gasteiger partial charge in [0.1, 0.15) is 27.3 Å². The van der Waals surface area contributed by atoms with Crippen LogP contribution in [0.3, 0.4) is 0 Å². The van der Waals surface area contributed by atoms with Gasteiger partial charge in [-0.3, -0.25) is 20.2 Å². The van der Waals surface area contributed by atoms with Crippen molar-refractivity contribution in [3.8, 4) is 11.5 Å². The van der Waals surface area contributed by atoms with E-state index in [1.165, 1.54) is 43.8 Å². The van der Waals surface area contributed by atoms with E-state index < -0.39 is 10.8 Å². The number of rotatable bonds is 5. The first-order valence-electron chi connectivity index (χ1n) is 7.11. The van der Waals surface area contributed by atoms with E-state index in [9.17, 15) is 14.9 Å². The number of anilines is 1. The van der Waals surface area contributed by atoms with Crippen LogP contribution in [0.25, 0.3) is 10.2 Å². The number of fused-ring (bicyclic) bond motifs is 1. The van der Waals surface area contributed by atoms with Crippen molar-refractivity contribution in [2.45, 2.75) is 0 Å². The summed E-state index contributed by atoms with van der Waals surface area (Å²) in [5.41, 5.74) is 0.242. The maximum absolute atomic E-state index is 12.4. The van der Waals surface area contributed by atoms with Gasteiger partial charge in [0.05, 0.1) is 19.1 Å². The highest BCUT2D eigenvalue weighted by molar-refractivity contribution is 7.22. The van der Waals surface area contributed by atoms with Crippen LogP contribution >= 0.6 is 11.3 Å². The molecule has 1 amide bonds. The fourth-order valence-electron chi connectivity index (χ4n) is 2.33. The van der Waals surface area contributed by atoms with Crippen LogP contribution in [0, 0.1) is 10.1 Å². The molecule has 1 aromatic heterocycles. The Morgan fingerprint density at radius 2 is 1.84 bits per heavy atom. The number of nitrogens with one attached hydrogen (secondary N) is 1. The molecule has 0 aliphatic heterocycles. The van der Waals surface area contributed by atoms with Crippen molar-refractivity contribution in [3.05, 3.63) is 52.1 Å². The monoisotopic (exact) mass is 359 g/mol. The van der Waals surface area contributed by atoms with E-state index in [4.69, 9.17) is 9.47 Å². The number of para-hydroxylation sites is 1. The minimum absolute atomic E-state index is 0.0364. The Kier molecular flexibility index (Phi) is 4.48. The standard InChI is InChI=1S/C16H13N3O5S/c1-23-11-7-8-12(24-2)14-13(11)17-16(25-14)18-15(20)9-5-3-4-6-10(9)19(21)22/h3-8H,1-2H3,(H,17,18,20). The molecule has 3 aromatic rings. The van der Waals surface area contributed by atoms with Crippen molar-refractivity contribution in [1.29, 1.82) is 0 Å². The second kappa shape index (κ2) is 6.73. The lowest BCUT2D eigenvalue weighted by Crippen LogP contribution is -2.13. The number of carbonyl (C=O) groups is 1. The first kappa shape index (κ1) is 16.7. The predicted molar refractivity (Wildman–Crippen MR) is 93.8 cm³/mol. The molecule has 0 spiro atoms. The molecule has 2 aromatic carbocycles. The maximum atomic E-state index is 12.4. The van der Waals surface area contributed by atoms with Crippen LogP contribution in [0.1, 0.15) is 10.4 Å². The Hall–Kier alpha value is -3.20. The van der Waals surface area contributed by atoms with Crippen molar-refractivity contribution in [2.75, 3.05) is 19.5 Å². The number of aromatic nitrogens is 1. The van der Waals surface area contributed by atoms with Crippen LogP contribution in [0.2, 0.25) is 0 Å². The zero-order valence-corrected chi connectivity index (χ0v) is 14.1. The summed E-state index contributed by atoms with van der Waals surface area (Å²) >= 11 is 1.20. The highest BCUT2D eigenvalue weighted by atomic mass is 32.1. The Bertz CT molecular complexity index is 929. The molecule has 1 heterocycles. The molecule has 128 valence electrons. The van der Waals surface area contributed by atoms with Gasteiger partial charge in [-0.1, -0.05) is 23.5 Å². The number of ether oxygens (including phenoxy) is 2. The molecule has 9 heteroatoms. The average Bonchev–Trinajstić information content (AvgIpc) is 3.04. The number of methoxy groups -OCH3 is 2. The van der Waals surface area contributed by atoms with Crippen LogP contribution in [-0.2, 0) is 0 Å². The summed E-state index contributed by atoms with van der Waals surface area (Å²) in [5, 5.41) is 14.0. The number of hydrogen-bond donors (Lipinski definition) is 1. The normalized spacial score (nSPS) is 10.5. The molecule has 0 unspecified atom stereocenters. The number of amides is 1. The number of hydrogen-bond acceptors (Lipinski definition) is 7. The summed E-state index contributed by atoms with van der Waals surface area (Å²) in [7, 11) is 3.05. The van der Waals surface area contributed by atoms with E-state index in [0.717, 1.165) is 0 Å². The van der Waals surface area contributed by atoms with Gasteiger partial charge in [0, 0.05) is 6.07 Å². The fraction of sp³-hybridized carbons (Fsp3) is 0.125. The topological polar surface area (TPSA) is 104 Å². The van der Waals surface area contributed by atoms with Gasteiger partial charge in [-0.15, -0.1) is 0 Å². The summed E-state index contributed by atoms with van der Waals surface area (Å²) in [5.74, 6) is 0.530. The van der Waals surface area contributed by atoms with Gasteiger partial charge in [-0.05, 0) is 18.2 Å². The molecule has 1 N–H and O–H groups in total. The van der Waals surface area contributed by atoms with Gasteiger partial charge >= 0.3 is 0 Å². The van der Waals surface area contributed by atoms with Crippen LogP contribution in [0.15, 0.2) is 36.4 Å². The lowest BCUT2D eigenvalue weighted by Gasteiger charge is -2.03. The van der Waals surface area contributed by atoms with Gasteiger partial charge in [-0.2, -0.15) is 0 Å². The van der Waals surface area contributed by atoms with Gasteiger partial charge in [-0.25, -0.2) is 4.98 Å². The highest BCUT2D eigenvalue weighted by Crippen LogP contribution is 2.39.